The Morgan fingerprint density at radius 1 is 1.21 bits per heavy atom. The van der Waals surface area contributed by atoms with E-state index in [0.717, 1.165) is 15.8 Å². The van der Waals surface area contributed by atoms with Gasteiger partial charge >= 0.3 is 5.69 Å². The van der Waals surface area contributed by atoms with E-state index in [9.17, 15) is 14.0 Å². The summed E-state index contributed by atoms with van der Waals surface area (Å²) in [4.78, 5) is 27.8. The van der Waals surface area contributed by atoms with Gasteiger partial charge in [0.15, 0.2) is 0 Å². The molecule has 10 heteroatoms. The summed E-state index contributed by atoms with van der Waals surface area (Å²) in [6.45, 7) is -0.0136. The van der Waals surface area contributed by atoms with Crippen molar-refractivity contribution in [1.82, 2.24) is 19.3 Å². The molecule has 0 aliphatic heterocycles. The van der Waals surface area contributed by atoms with Gasteiger partial charge in [0.1, 0.15) is 6.33 Å². The molecule has 3 rings (SSSR count). The van der Waals surface area contributed by atoms with Crippen LogP contribution in [0.2, 0.25) is 0 Å². The fourth-order valence-corrected chi connectivity index (χ4v) is 2.73. The van der Waals surface area contributed by atoms with Gasteiger partial charge < -0.3 is 11.5 Å². The first-order valence-electron chi connectivity index (χ1n) is 8.48. The van der Waals surface area contributed by atoms with E-state index in [1.165, 1.54) is 10.9 Å². The van der Waals surface area contributed by atoms with Crippen LogP contribution in [0.15, 0.2) is 65.6 Å². The molecular weight excluding hydrogens is 399 g/mol. The van der Waals surface area contributed by atoms with Crippen LogP contribution < -0.4 is 17.2 Å². The van der Waals surface area contributed by atoms with Crippen molar-refractivity contribution in [3.05, 3.63) is 77.0 Å². The van der Waals surface area contributed by atoms with Crippen LogP contribution in [-0.2, 0) is 17.8 Å². The van der Waals surface area contributed by atoms with Crippen molar-refractivity contribution < 1.29 is 9.18 Å². The van der Waals surface area contributed by atoms with Gasteiger partial charge in [-0.05, 0) is 41.0 Å². The van der Waals surface area contributed by atoms with Crippen molar-refractivity contribution in [2.24, 2.45) is 11.5 Å². The molecule has 0 atom stereocenters. The normalized spacial score (nSPS) is 11.2. The quantitative estimate of drug-likeness (QED) is 0.599. The van der Waals surface area contributed by atoms with E-state index in [1.807, 2.05) is 12.1 Å². The zero-order chi connectivity index (χ0) is 20.1. The van der Waals surface area contributed by atoms with Gasteiger partial charge in [0.25, 0.3) is 0 Å². The van der Waals surface area contributed by atoms with E-state index >= 15 is 0 Å². The van der Waals surface area contributed by atoms with Crippen LogP contribution in [0.1, 0.15) is 5.69 Å². The van der Waals surface area contributed by atoms with Crippen LogP contribution in [0, 0.1) is 0 Å². The third kappa shape index (κ3) is 5.15. The first-order chi connectivity index (χ1) is 13.5. The van der Waals surface area contributed by atoms with E-state index in [0.29, 0.717) is 17.7 Å². The molecule has 152 valence electrons. The predicted octanol–water partition coefficient (Wildman–Crippen LogP) is 1.36. The van der Waals surface area contributed by atoms with Gasteiger partial charge in [-0.25, -0.2) is 18.4 Å². The largest absolute Gasteiger partial charge is 0.369 e. The Bertz CT molecular complexity index is 1090. The molecule has 4 N–H and O–H groups in total. The van der Waals surface area contributed by atoms with Gasteiger partial charge in [0, 0.05) is 12.7 Å². The lowest BCUT2D eigenvalue weighted by molar-refractivity contribution is -0.117. The Hall–Kier alpha value is -3.30. The zero-order valence-electron chi connectivity index (χ0n) is 15.4. The Morgan fingerprint density at radius 2 is 1.97 bits per heavy atom. The van der Waals surface area contributed by atoms with Gasteiger partial charge in [-0.1, -0.05) is 12.1 Å². The van der Waals surface area contributed by atoms with Crippen molar-refractivity contribution in [3.8, 4) is 16.8 Å². The number of rotatable bonds is 7. The molecule has 0 saturated heterocycles. The van der Waals surface area contributed by atoms with Crippen LogP contribution in [-0.4, -0.2) is 31.8 Å². The number of carbonyl (C=O) groups is 1. The second-order valence-corrected chi connectivity index (χ2v) is 6.14. The average Bonchev–Trinajstić information content (AvgIpc) is 3.06. The fourth-order valence-electron chi connectivity index (χ4n) is 2.73. The molecule has 2 heterocycles. The standard InChI is InChI=1S/C19H19FN6O2.ClH/c20-9-13(10-21)11-26-19(28)25(12-24-26)17-3-1-2-14(7-17)15-4-5-23-16(6-15)8-18(22)27;/h1-7,9,12H,8,10-11,21H2,(H2,22,27);1H/b13-9+;. The van der Waals surface area contributed by atoms with Crippen molar-refractivity contribution in [1.29, 1.82) is 0 Å². The Labute approximate surface area is 172 Å². The lowest BCUT2D eigenvalue weighted by Crippen LogP contribution is -2.25. The van der Waals surface area contributed by atoms with Crippen LogP contribution in [0.3, 0.4) is 0 Å². The molecule has 8 nitrogen and oxygen atoms in total. The lowest BCUT2D eigenvalue weighted by atomic mass is 10.0. The molecule has 0 radical (unpaired) electrons. The summed E-state index contributed by atoms with van der Waals surface area (Å²) in [5, 5.41) is 4.02. The Balaban J connectivity index is 0.00000300. The topological polar surface area (TPSA) is 122 Å². The third-order valence-electron chi connectivity index (χ3n) is 4.13. The maximum Gasteiger partial charge on any atom is 0.350 e. The zero-order valence-corrected chi connectivity index (χ0v) is 16.2. The first kappa shape index (κ1) is 22.0. The minimum Gasteiger partial charge on any atom is -0.369 e. The Morgan fingerprint density at radius 3 is 2.66 bits per heavy atom. The second kappa shape index (κ2) is 9.76. The van der Waals surface area contributed by atoms with Crippen LogP contribution in [0.5, 0.6) is 0 Å². The molecule has 1 amide bonds. The maximum absolute atomic E-state index is 12.7. The number of pyridine rings is 1. The first-order valence-corrected chi connectivity index (χ1v) is 8.48. The molecular formula is C19H20ClFN6O2. The summed E-state index contributed by atoms with van der Waals surface area (Å²) >= 11 is 0. The number of hydrogen-bond acceptors (Lipinski definition) is 5. The lowest BCUT2D eigenvalue weighted by Gasteiger charge is -2.07. The van der Waals surface area contributed by atoms with Gasteiger partial charge in [0.2, 0.25) is 5.91 Å². The second-order valence-electron chi connectivity index (χ2n) is 6.14. The molecule has 0 saturated carbocycles. The molecule has 3 aromatic rings. The molecule has 0 unspecified atom stereocenters. The number of primary amides is 1. The highest BCUT2D eigenvalue weighted by Crippen LogP contribution is 2.22. The van der Waals surface area contributed by atoms with Crippen molar-refractivity contribution >= 4 is 18.3 Å². The molecule has 0 aliphatic carbocycles. The summed E-state index contributed by atoms with van der Waals surface area (Å²) in [5.41, 5.74) is 13.3. The highest BCUT2D eigenvalue weighted by molar-refractivity contribution is 5.85. The number of hydrogen-bond donors (Lipinski definition) is 2. The van der Waals surface area contributed by atoms with Gasteiger partial charge in [-0.2, -0.15) is 5.10 Å². The van der Waals surface area contributed by atoms with Crippen molar-refractivity contribution in [2.45, 2.75) is 13.0 Å². The minimum absolute atomic E-state index is 0. The molecule has 1 aromatic carbocycles. The summed E-state index contributed by atoms with van der Waals surface area (Å²) in [5.74, 6) is -0.462. The molecule has 29 heavy (non-hydrogen) atoms. The molecule has 0 aliphatic rings. The maximum atomic E-state index is 12.7. The van der Waals surface area contributed by atoms with Crippen LogP contribution in [0.4, 0.5) is 4.39 Å². The van der Waals surface area contributed by atoms with E-state index in [2.05, 4.69) is 10.1 Å². The van der Waals surface area contributed by atoms with Crippen molar-refractivity contribution in [2.75, 3.05) is 6.54 Å². The minimum atomic E-state index is -0.462. The number of aromatic nitrogens is 4. The summed E-state index contributed by atoms with van der Waals surface area (Å²) in [6, 6.07) is 10.8. The predicted molar refractivity (Wildman–Crippen MR) is 109 cm³/mol. The third-order valence-corrected chi connectivity index (χ3v) is 4.13. The molecule has 0 bridgehead atoms. The molecule has 2 aromatic heterocycles. The number of carbonyl (C=O) groups excluding carboxylic acids is 1. The van der Waals surface area contributed by atoms with Crippen LogP contribution in [0.25, 0.3) is 16.8 Å². The number of halogens is 2. The van der Waals surface area contributed by atoms with Crippen LogP contribution >= 0.6 is 12.4 Å². The highest BCUT2D eigenvalue weighted by atomic mass is 35.5. The number of nitrogens with two attached hydrogens (primary N) is 2. The number of amides is 1. The highest BCUT2D eigenvalue weighted by Gasteiger charge is 2.10. The monoisotopic (exact) mass is 418 g/mol. The SMILES string of the molecule is Cl.NC/C(=C\F)Cn1ncn(-c2cccc(-c3ccnc(CC(N)=O)c3)c2)c1=O. The summed E-state index contributed by atoms with van der Waals surface area (Å²) < 4.78 is 15.2. The Kier molecular flexibility index (Phi) is 7.40. The van der Waals surface area contributed by atoms with Gasteiger partial charge in [-0.3, -0.25) is 9.78 Å². The van der Waals surface area contributed by atoms with E-state index in [1.54, 1.807) is 30.5 Å². The smallest absolute Gasteiger partial charge is 0.350 e. The average molecular weight is 419 g/mol. The number of nitrogens with zero attached hydrogens (tertiary/aromatic N) is 4. The fraction of sp³-hybridized carbons (Fsp3) is 0.158. The summed E-state index contributed by atoms with van der Waals surface area (Å²) in [7, 11) is 0. The van der Waals surface area contributed by atoms with Crippen molar-refractivity contribution in [3.63, 3.8) is 0 Å². The van der Waals surface area contributed by atoms with E-state index in [4.69, 9.17) is 11.5 Å². The number of benzene rings is 1. The summed E-state index contributed by atoms with van der Waals surface area (Å²) in [6.07, 6.45) is 3.41. The van der Waals surface area contributed by atoms with E-state index in [-0.39, 0.29) is 37.5 Å². The molecule has 0 spiro atoms. The van der Waals surface area contributed by atoms with Gasteiger partial charge in [-0.15, -0.1) is 12.4 Å². The van der Waals surface area contributed by atoms with E-state index < -0.39 is 11.6 Å². The van der Waals surface area contributed by atoms with Gasteiger partial charge in [0.05, 0.1) is 30.7 Å². The molecule has 0 fully saturated rings.